The third-order valence-corrected chi connectivity index (χ3v) is 3.53. The lowest BCUT2D eigenvalue weighted by Gasteiger charge is -2.13. The van der Waals surface area contributed by atoms with Gasteiger partial charge in [0.1, 0.15) is 10.8 Å². The molecule has 0 aliphatic carbocycles. The zero-order valence-electron chi connectivity index (χ0n) is 11.5. The van der Waals surface area contributed by atoms with Gasteiger partial charge in [-0.2, -0.15) is 0 Å². The number of hydrogen-bond acceptors (Lipinski definition) is 3. The average Bonchev–Trinajstić information content (AvgIpc) is 2.48. The molecule has 0 saturated heterocycles. The Morgan fingerprint density at radius 2 is 2.05 bits per heavy atom. The first-order valence-electron chi connectivity index (χ1n) is 6.71. The molecule has 0 bridgehead atoms. The van der Waals surface area contributed by atoms with Crippen molar-refractivity contribution in [1.29, 1.82) is 0 Å². The van der Waals surface area contributed by atoms with Crippen molar-refractivity contribution >= 4 is 23.0 Å². The van der Waals surface area contributed by atoms with E-state index in [-0.39, 0.29) is 0 Å². The van der Waals surface area contributed by atoms with E-state index in [2.05, 4.69) is 41.5 Å². The number of thiocarbonyl (C=S) groups is 1. The Morgan fingerprint density at radius 1 is 1.30 bits per heavy atom. The molecular weight excluding hydrogens is 266 g/mol. The second-order valence-corrected chi connectivity index (χ2v) is 5.26. The standard InChI is InChI=1S/C16H19N3S/c1-12(13-5-3-2-4-6-13)7-9-18-15-11-14(16(17)20)8-10-19-15/h2-6,8,10-12H,7,9H2,1H3,(H2,17,20)(H,18,19). The molecule has 0 aliphatic heterocycles. The fourth-order valence-corrected chi connectivity index (χ4v) is 2.17. The van der Waals surface area contributed by atoms with Crippen molar-refractivity contribution in [3.8, 4) is 0 Å². The van der Waals surface area contributed by atoms with Crippen LogP contribution in [0.3, 0.4) is 0 Å². The van der Waals surface area contributed by atoms with Crippen LogP contribution in [-0.2, 0) is 0 Å². The minimum atomic E-state index is 0.396. The Balaban J connectivity index is 1.87. The highest BCUT2D eigenvalue weighted by Gasteiger charge is 2.05. The van der Waals surface area contributed by atoms with Crippen LogP contribution in [0.2, 0.25) is 0 Å². The molecule has 3 nitrogen and oxygen atoms in total. The monoisotopic (exact) mass is 285 g/mol. The molecule has 1 unspecified atom stereocenters. The maximum absolute atomic E-state index is 5.61. The topological polar surface area (TPSA) is 50.9 Å². The van der Waals surface area contributed by atoms with Gasteiger partial charge in [-0.15, -0.1) is 0 Å². The van der Waals surface area contributed by atoms with E-state index in [0.717, 1.165) is 24.3 Å². The van der Waals surface area contributed by atoms with Gasteiger partial charge in [0.2, 0.25) is 0 Å². The molecule has 1 atom stereocenters. The molecular formula is C16H19N3S. The Morgan fingerprint density at radius 3 is 2.75 bits per heavy atom. The van der Waals surface area contributed by atoms with Crippen LogP contribution < -0.4 is 11.1 Å². The van der Waals surface area contributed by atoms with Gasteiger partial charge in [0.05, 0.1) is 0 Å². The first-order valence-corrected chi connectivity index (χ1v) is 7.12. The molecule has 4 heteroatoms. The van der Waals surface area contributed by atoms with Gasteiger partial charge in [0.15, 0.2) is 0 Å². The maximum Gasteiger partial charge on any atom is 0.126 e. The number of nitrogens with two attached hydrogens (primary N) is 1. The fraction of sp³-hybridized carbons (Fsp3) is 0.250. The molecule has 3 N–H and O–H groups in total. The van der Waals surface area contributed by atoms with Gasteiger partial charge in [-0.25, -0.2) is 4.98 Å². The number of rotatable bonds is 6. The van der Waals surface area contributed by atoms with Crippen molar-refractivity contribution < 1.29 is 0 Å². The van der Waals surface area contributed by atoms with Crippen molar-refractivity contribution in [1.82, 2.24) is 4.98 Å². The summed E-state index contributed by atoms with van der Waals surface area (Å²) >= 11 is 4.96. The molecule has 2 aromatic rings. The quantitative estimate of drug-likeness (QED) is 0.799. The van der Waals surface area contributed by atoms with Gasteiger partial charge >= 0.3 is 0 Å². The Labute approximate surface area is 125 Å². The van der Waals surface area contributed by atoms with Gasteiger partial charge in [-0.1, -0.05) is 49.5 Å². The average molecular weight is 285 g/mol. The Bertz CT molecular complexity index is 569. The summed E-state index contributed by atoms with van der Waals surface area (Å²) in [7, 11) is 0. The lowest BCUT2D eigenvalue weighted by Crippen LogP contribution is -2.11. The van der Waals surface area contributed by atoms with Gasteiger partial charge in [-0.05, 0) is 30.0 Å². The van der Waals surface area contributed by atoms with Gasteiger partial charge in [0, 0.05) is 18.3 Å². The molecule has 1 aromatic carbocycles. The number of nitrogens with zero attached hydrogens (tertiary/aromatic N) is 1. The summed E-state index contributed by atoms with van der Waals surface area (Å²) in [5, 5.41) is 3.31. The Hall–Kier alpha value is -1.94. The molecule has 1 heterocycles. The van der Waals surface area contributed by atoms with Crippen LogP contribution in [-0.4, -0.2) is 16.5 Å². The smallest absolute Gasteiger partial charge is 0.126 e. The van der Waals surface area contributed by atoms with Crippen molar-refractivity contribution in [3.05, 3.63) is 59.8 Å². The van der Waals surface area contributed by atoms with Crippen LogP contribution >= 0.6 is 12.2 Å². The van der Waals surface area contributed by atoms with Crippen LogP contribution in [0, 0.1) is 0 Å². The van der Waals surface area contributed by atoms with E-state index in [4.69, 9.17) is 18.0 Å². The number of anilines is 1. The number of pyridine rings is 1. The zero-order valence-corrected chi connectivity index (χ0v) is 12.4. The molecule has 0 aliphatic rings. The van der Waals surface area contributed by atoms with Crippen LogP contribution in [0.1, 0.15) is 30.4 Å². The molecule has 1 aromatic heterocycles. The maximum atomic E-state index is 5.61. The molecule has 0 amide bonds. The molecule has 0 radical (unpaired) electrons. The molecule has 104 valence electrons. The number of aromatic nitrogens is 1. The van der Waals surface area contributed by atoms with Crippen molar-refractivity contribution in [2.45, 2.75) is 19.3 Å². The molecule has 0 spiro atoms. The molecule has 20 heavy (non-hydrogen) atoms. The largest absolute Gasteiger partial charge is 0.389 e. The minimum absolute atomic E-state index is 0.396. The summed E-state index contributed by atoms with van der Waals surface area (Å²) in [6, 6.07) is 14.2. The van der Waals surface area contributed by atoms with Crippen molar-refractivity contribution in [3.63, 3.8) is 0 Å². The van der Waals surface area contributed by atoms with E-state index < -0.39 is 0 Å². The summed E-state index contributed by atoms with van der Waals surface area (Å²) < 4.78 is 0. The minimum Gasteiger partial charge on any atom is -0.389 e. The van der Waals surface area contributed by atoms with Crippen molar-refractivity contribution in [2.24, 2.45) is 5.73 Å². The summed E-state index contributed by atoms with van der Waals surface area (Å²) in [5.74, 6) is 1.33. The zero-order chi connectivity index (χ0) is 14.4. The summed E-state index contributed by atoms with van der Waals surface area (Å²) in [5.41, 5.74) is 7.81. The lowest BCUT2D eigenvalue weighted by molar-refractivity contribution is 0.705. The molecule has 2 rings (SSSR count). The molecule has 0 fully saturated rings. The van der Waals surface area contributed by atoms with E-state index in [0.29, 0.717) is 10.9 Å². The summed E-state index contributed by atoms with van der Waals surface area (Å²) in [6.45, 7) is 3.10. The first kappa shape index (κ1) is 14.5. The predicted molar refractivity (Wildman–Crippen MR) is 88.1 cm³/mol. The fourth-order valence-electron chi connectivity index (χ4n) is 2.05. The second kappa shape index (κ2) is 7.01. The van der Waals surface area contributed by atoms with E-state index in [1.807, 2.05) is 18.2 Å². The molecule has 0 saturated carbocycles. The van der Waals surface area contributed by atoms with Gasteiger partial charge < -0.3 is 11.1 Å². The van der Waals surface area contributed by atoms with Gasteiger partial charge in [-0.3, -0.25) is 0 Å². The number of hydrogen-bond donors (Lipinski definition) is 2. The van der Waals surface area contributed by atoms with Crippen LogP contribution in [0.15, 0.2) is 48.7 Å². The van der Waals surface area contributed by atoms with Crippen LogP contribution in [0.5, 0.6) is 0 Å². The van der Waals surface area contributed by atoms with Gasteiger partial charge in [0.25, 0.3) is 0 Å². The lowest BCUT2D eigenvalue weighted by atomic mass is 9.98. The van der Waals surface area contributed by atoms with Crippen molar-refractivity contribution in [2.75, 3.05) is 11.9 Å². The third-order valence-electron chi connectivity index (χ3n) is 3.30. The number of nitrogens with one attached hydrogen (secondary N) is 1. The SMILES string of the molecule is CC(CCNc1cc(C(N)=S)ccn1)c1ccccc1. The van der Waals surface area contributed by atoms with E-state index in [9.17, 15) is 0 Å². The van der Waals surface area contributed by atoms with E-state index in [1.54, 1.807) is 6.20 Å². The number of benzene rings is 1. The second-order valence-electron chi connectivity index (χ2n) is 4.82. The third kappa shape index (κ3) is 4.03. The summed E-state index contributed by atoms with van der Waals surface area (Å²) in [4.78, 5) is 4.66. The van der Waals surface area contributed by atoms with Crippen LogP contribution in [0.25, 0.3) is 0 Å². The highest BCUT2D eigenvalue weighted by Crippen LogP contribution is 2.18. The van der Waals surface area contributed by atoms with Crippen LogP contribution in [0.4, 0.5) is 5.82 Å². The van der Waals surface area contributed by atoms with E-state index >= 15 is 0 Å². The first-order chi connectivity index (χ1) is 9.66. The van der Waals surface area contributed by atoms with E-state index in [1.165, 1.54) is 5.56 Å². The predicted octanol–water partition coefficient (Wildman–Crippen LogP) is 3.32. The Kier molecular flexibility index (Phi) is 5.07. The highest BCUT2D eigenvalue weighted by atomic mass is 32.1. The highest BCUT2D eigenvalue weighted by molar-refractivity contribution is 7.80. The normalized spacial score (nSPS) is 11.8. The summed E-state index contributed by atoms with van der Waals surface area (Å²) in [6.07, 6.45) is 2.76.